The van der Waals surface area contributed by atoms with Crippen LogP contribution in [0.2, 0.25) is 0 Å². The largest absolute Gasteiger partial charge is 0.508 e. The normalized spacial score (nSPS) is 10.3. The summed E-state index contributed by atoms with van der Waals surface area (Å²) in [6.07, 6.45) is 0.625. The lowest BCUT2D eigenvalue weighted by Crippen LogP contribution is -1.97. The smallest absolute Gasteiger partial charge is 0.119 e. The molecule has 0 heterocycles. The van der Waals surface area contributed by atoms with Crippen LogP contribution in [0.1, 0.15) is 11.1 Å². The van der Waals surface area contributed by atoms with Crippen molar-refractivity contribution in [1.82, 2.24) is 0 Å². The van der Waals surface area contributed by atoms with E-state index >= 15 is 0 Å². The van der Waals surface area contributed by atoms with E-state index in [0.717, 1.165) is 21.3 Å². The highest BCUT2D eigenvalue weighted by Gasteiger charge is 2.07. The Labute approximate surface area is 103 Å². The molecule has 0 fully saturated rings. The number of nitrogens with two attached hydrogens (primary N) is 1. The maximum atomic E-state index is 9.70. The van der Waals surface area contributed by atoms with Crippen molar-refractivity contribution in [3.05, 3.63) is 58.1 Å². The summed E-state index contributed by atoms with van der Waals surface area (Å²) in [6, 6.07) is 13.0. The maximum Gasteiger partial charge on any atom is 0.119 e. The summed E-state index contributed by atoms with van der Waals surface area (Å²) in [5.41, 5.74) is 8.52. The highest BCUT2D eigenvalue weighted by Crippen LogP contribution is 2.28. The number of rotatable bonds is 2. The van der Waals surface area contributed by atoms with Crippen LogP contribution in [0.4, 0.5) is 5.69 Å². The van der Waals surface area contributed by atoms with Gasteiger partial charge in [-0.25, -0.2) is 0 Å². The molecule has 0 spiro atoms. The van der Waals surface area contributed by atoms with Gasteiger partial charge in [0.15, 0.2) is 0 Å². The van der Waals surface area contributed by atoms with Gasteiger partial charge in [0, 0.05) is 16.6 Å². The maximum absolute atomic E-state index is 9.70. The minimum absolute atomic E-state index is 0.303. The third kappa shape index (κ3) is 2.19. The van der Waals surface area contributed by atoms with E-state index in [4.69, 9.17) is 5.73 Å². The van der Waals surface area contributed by atoms with Gasteiger partial charge in [-0.3, -0.25) is 0 Å². The number of phenolic OH excluding ortho intramolecular Hbond substituents is 1. The molecule has 3 N–H and O–H groups in total. The van der Waals surface area contributed by atoms with Crippen molar-refractivity contribution < 1.29 is 5.11 Å². The molecular weight excluding hydrogens is 266 g/mol. The molecule has 0 saturated carbocycles. The molecule has 0 atom stereocenters. The fraction of sp³-hybridized carbons (Fsp3) is 0.0769. The average molecular weight is 278 g/mol. The molecule has 0 aromatic heterocycles. The van der Waals surface area contributed by atoms with Gasteiger partial charge in [-0.05, 0) is 29.3 Å². The van der Waals surface area contributed by atoms with Crippen molar-refractivity contribution in [2.24, 2.45) is 0 Å². The lowest BCUT2D eigenvalue weighted by atomic mass is 10.0. The van der Waals surface area contributed by atoms with Gasteiger partial charge in [0.2, 0.25) is 0 Å². The molecule has 0 amide bonds. The molecular formula is C13H12BrNO. The van der Waals surface area contributed by atoms with Gasteiger partial charge >= 0.3 is 0 Å². The van der Waals surface area contributed by atoms with E-state index in [9.17, 15) is 5.11 Å². The lowest BCUT2D eigenvalue weighted by Gasteiger charge is -2.09. The Balaban J connectivity index is 2.38. The van der Waals surface area contributed by atoms with Gasteiger partial charge in [0.1, 0.15) is 5.75 Å². The highest BCUT2D eigenvalue weighted by atomic mass is 79.9. The second-order valence-electron chi connectivity index (χ2n) is 3.61. The number of nitrogen functional groups attached to an aromatic ring is 1. The molecule has 2 nitrogen and oxygen atoms in total. The van der Waals surface area contributed by atoms with Crippen LogP contribution in [-0.4, -0.2) is 5.11 Å². The van der Waals surface area contributed by atoms with E-state index in [1.54, 1.807) is 6.07 Å². The van der Waals surface area contributed by atoms with E-state index in [2.05, 4.69) is 15.9 Å². The molecule has 2 rings (SSSR count). The molecule has 2 aromatic carbocycles. The van der Waals surface area contributed by atoms with Crippen LogP contribution in [0.5, 0.6) is 5.75 Å². The lowest BCUT2D eigenvalue weighted by molar-refractivity contribution is 0.469. The third-order valence-corrected chi connectivity index (χ3v) is 3.26. The number of anilines is 1. The van der Waals surface area contributed by atoms with Crippen molar-refractivity contribution in [3.8, 4) is 5.75 Å². The Morgan fingerprint density at radius 1 is 1.06 bits per heavy atom. The monoisotopic (exact) mass is 277 g/mol. The zero-order valence-corrected chi connectivity index (χ0v) is 10.2. The summed E-state index contributed by atoms with van der Waals surface area (Å²) in [7, 11) is 0. The van der Waals surface area contributed by atoms with Gasteiger partial charge in [0.05, 0.1) is 0 Å². The summed E-state index contributed by atoms with van der Waals surface area (Å²) in [4.78, 5) is 0. The SMILES string of the molecule is Nc1cccc(Br)c1Cc1ccccc1O. The van der Waals surface area contributed by atoms with Gasteiger partial charge in [0.25, 0.3) is 0 Å². The number of benzene rings is 2. The molecule has 82 valence electrons. The van der Waals surface area contributed by atoms with Crippen LogP contribution < -0.4 is 5.73 Å². The number of halogens is 1. The summed E-state index contributed by atoms with van der Waals surface area (Å²) < 4.78 is 0.968. The van der Waals surface area contributed by atoms with Crippen LogP contribution in [0.15, 0.2) is 46.9 Å². The molecule has 0 aliphatic carbocycles. The van der Waals surface area contributed by atoms with Crippen molar-refractivity contribution in [1.29, 1.82) is 0 Å². The first-order chi connectivity index (χ1) is 7.68. The van der Waals surface area contributed by atoms with Crippen molar-refractivity contribution in [3.63, 3.8) is 0 Å². The number of hydrogen-bond acceptors (Lipinski definition) is 2. The predicted molar refractivity (Wildman–Crippen MR) is 69.5 cm³/mol. The number of aromatic hydroxyl groups is 1. The molecule has 3 heteroatoms. The van der Waals surface area contributed by atoms with E-state index in [0.29, 0.717) is 12.2 Å². The van der Waals surface area contributed by atoms with Crippen molar-refractivity contribution >= 4 is 21.6 Å². The average Bonchev–Trinajstić information content (AvgIpc) is 2.26. The zero-order chi connectivity index (χ0) is 11.5. The van der Waals surface area contributed by atoms with E-state index in [-0.39, 0.29) is 0 Å². The first-order valence-electron chi connectivity index (χ1n) is 4.98. The second kappa shape index (κ2) is 4.58. The third-order valence-electron chi connectivity index (χ3n) is 2.51. The standard InChI is InChI=1S/C13H12BrNO/c14-11-5-3-6-12(15)10(11)8-9-4-1-2-7-13(9)16/h1-7,16H,8,15H2. The van der Waals surface area contributed by atoms with Gasteiger partial charge in [-0.1, -0.05) is 40.2 Å². The quantitative estimate of drug-likeness (QED) is 0.828. The Morgan fingerprint density at radius 3 is 2.50 bits per heavy atom. The number of para-hydroxylation sites is 1. The summed E-state index contributed by atoms with van der Waals surface area (Å²) in [5.74, 6) is 0.303. The van der Waals surface area contributed by atoms with E-state index in [1.165, 1.54) is 0 Å². The fourth-order valence-corrected chi connectivity index (χ4v) is 2.13. The molecule has 0 saturated heterocycles. The minimum Gasteiger partial charge on any atom is -0.508 e. The van der Waals surface area contributed by atoms with E-state index in [1.807, 2.05) is 36.4 Å². The minimum atomic E-state index is 0.303. The molecule has 2 aromatic rings. The highest BCUT2D eigenvalue weighted by molar-refractivity contribution is 9.10. The van der Waals surface area contributed by atoms with Crippen LogP contribution in [0.25, 0.3) is 0 Å². The fourth-order valence-electron chi connectivity index (χ4n) is 1.61. The van der Waals surface area contributed by atoms with Crippen LogP contribution in [0, 0.1) is 0 Å². The van der Waals surface area contributed by atoms with Crippen LogP contribution in [-0.2, 0) is 6.42 Å². The topological polar surface area (TPSA) is 46.2 Å². The first kappa shape index (κ1) is 11.0. The number of hydrogen-bond donors (Lipinski definition) is 2. The van der Waals surface area contributed by atoms with Crippen molar-refractivity contribution in [2.75, 3.05) is 5.73 Å². The Bertz CT molecular complexity index is 491. The van der Waals surface area contributed by atoms with Gasteiger partial charge < -0.3 is 10.8 Å². The van der Waals surface area contributed by atoms with E-state index < -0.39 is 0 Å². The zero-order valence-electron chi connectivity index (χ0n) is 8.65. The Kier molecular flexibility index (Phi) is 3.15. The van der Waals surface area contributed by atoms with Gasteiger partial charge in [-0.15, -0.1) is 0 Å². The van der Waals surface area contributed by atoms with Crippen molar-refractivity contribution in [2.45, 2.75) is 6.42 Å². The second-order valence-corrected chi connectivity index (χ2v) is 4.47. The van der Waals surface area contributed by atoms with Crippen LogP contribution in [0.3, 0.4) is 0 Å². The number of phenols is 1. The molecule has 0 unspecified atom stereocenters. The summed E-state index contributed by atoms with van der Waals surface area (Å²) in [6.45, 7) is 0. The van der Waals surface area contributed by atoms with Crippen LogP contribution >= 0.6 is 15.9 Å². The molecule has 16 heavy (non-hydrogen) atoms. The Hall–Kier alpha value is -1.48. The predicted octanol–water partition coefficient (Wildman–Crippen LogP) is 3.33. The Morgan fingerprint density at radius 2 is 1.81 bits per heavy atom. The molecule has 0 bridgehead atoms. The molecule has 0 aliphatic rings. The molecule has 0 radical (unpaired) electrons. The summed E-state index contributed by atoms with van der Waals surface area (Å²) >= 11 is 3.47. The first-order valence-corrected chi connectivity index (χ1v) is 5.77. The van der Waals surface area contributed by atoms with Gasteiger partial charge in [-0.2, -0.15) is 0 Å². The molecule has 0 aliphatic heterocycles. The summed E-state index contributed by atoms with van der Waals surface area (Å²) in [5, 5.41) is 9.70.